The number of methoxy groups -OCH3 is 2. The summed E-state index contributed by atoms with van der Waals surface area (Å²) < 4.78 is 12.8. The number of benzene rings is 2. The summed E-state index contributed by atoms with van der Waals surface area (Å²) in [5.41, 5.74) is 2.02. The lowest BCUT2D eigenvalue weighted by molar-refractivity contribution is -0.118. The number of para-hydroxylation sites is 2. The number of carbonyl (C=O) groups excluding carboxylic acids is 1. The molecule has 0 radical (unpaired) electrons. The summed E-state index contributed by atoms with van der Waals surface area (Å²) in [5, 5.41) is 12.6. The number of anilines is 1. The molecule has 4 rings (SSSR count). The molecule has 180 valence electrons. The molecule has 1 amide bonds. The second-order valence-corrected chi connectivity index (χ2v) is 9.02. The molecule has 9 heteroatoms. The van der Waals surface area contributed by atoms with Crippen LogP contribution in [-0.4, -0.2) is 60.3 Å². The SMILES string of the molecule is COc1ccc(CCNC(=O)CSc2nnc(N3CCCCC3)n2-c2ccccc2OC)cc1. The van der Waals surface area contributed by atoms with E-state index in [1.165, 1.54) is 18.2 Å². The Kier molecular flexibility index (Phi) is 8.30. The Morgan fingerprint density at radius 2 is 1.76 bits per heavy atom. The van der Waals surface area contributed by atoms with Crippen molar-refractivity contribution in [2.75, 3.05) is 44.5 Å². The summed E-state index contributed by atoms with van der Waals surface area (Å²) in [6.07, 6.45) is 4.27. The first-order valence-electron chi connectivity index (χ1n) is 11.6. The lowest BCUT2D eigenvalue weighted by atomic mass is 10.1. The molecule has 2 heterocycles. The molecule has 1 aromatic heterocycles. The predicted octanol–water partition coefficient (Wildman–Crippen LogP) is 3.73. The molecule has 34 heavy (non-hydrogen) atoms. The number of carbonyl (C=O) groups is 1. The monoisotopic (exact) mass is 481 g/mol. The molecule has 1 aliphatic rings. The average Bonchev–Trinajstić information content (AvgIpc) is 3.32. The van der Waals surface area contributed by atoms with E-state index in [4.69, 9.17) is 9.47 Å². The van der Waals surface area contributed by atoms with E-state index in [1.54, 1.807) is 14.2 Å². The van der Waals surface area contributed by atoms with Crippen LogP contribution in [0, 0.1) is 0 Å². The Morgan fingerprint density at radius 1 is 1.00 bits per heavy atom. The standard InChI is InChI=1S/C25H31N5O3S/c1-32-20-12-10-19(11-13-20)14-15-26-23(31)18-34-25-28-27-24(29-16-6-3-7-17-29)30(25)21-8-4-5-9-22(21)33-2/h4-5,8-13H,3,6-7,14-18H2,1-2H3,(H,26,31). The van der Waals surface area contributed by atoms with Gasteiger partial charge in [-0.1, -0.05) is 36.0 Å². The number of hydrogen-bond acceptors (Lipinski definition) is 7. The first-order valence-corrected chi connectivity index (χ1v) is 12.5. The fraction of sp³-hybridized carbons (Fsp3) is 0.400. The van der Waals surface area contributed by atoms with E-state index in [-0.39, 0.29) is 11.7 Å². The van der Waals surface area contributed by atoms with Crippen molar-refractivity contribution in [3.05, 3.63) is 54.1 Å². The maximum Gasteiger partial charge on any atom is 0.232 e. The minimum Gasteiger partial charge on any atom is -0.497 e. The van der Waals surface area contributed by atoms with Crippen molar-refractivity contribution >= 4 is 23.6 Å². The lowest BCUT2D eigenvalue weighted by Crippen LogP contribution is -2.32. The molecule has 2 aromatic carbocycles. The second kappa shape index (κ2) is 11.8. The highest BCUT2D eigenvalue weighted by atomic mass is 32.2. The van der Waals surface area contributed by atoms with Gasteiger partial charge in [-0.3, -0.25) is 9.36 Å². The quantitative estimate of drug-likeness (QED) is 0.442. The lowest BCUT2D eigenvalue weighted by Gasteiger charge is -2.28. The van der Waals surface area contributed by atoms with E-state index in [1.807, 2.05) is 53.1 Å². The van der Waals surface area contributed by atoms with Crippen molar-refractivity contribution < 1.29 is 14.3 Å². The normalized spacial score (nSPS) is 13.5. The zero-order valence-electron chi connectivity index (χ0n) is 19.7. The first-order chi connectivity index (χ1) is 16.7. The van der Waals surface area contributed by atoms with Gasteiger partial charge in [-0.15, -0.1) is 10.2 Å². The highest BCUT2D eigenvalue weighted by Crippen LogP contribution is 2.32. The molecule has 0 saturated carbocycles. The summed E-state index contributed by atoms with van der Waals surface area (Å²) >= 11 is 1.38. The Hall–Kier alpha value is -3.20. The number of amides is 1. The van der Waals surface area contributed by atoms with Crippen LogP contribution in [0.4, 0.5) is 5.95 Å². The van der Waals surface area contributed by atoms with Gasteiger partial charge in [0, 0.05) is 19.6 Å². The number of aromatic nitrogens is 3. The van der Waals surface area contributed by atoms with Crippen molar-refractivity contribution in [2.45, 2.75) is 30.8 Å². The van der Waals surface area contributed by atoms with Gasteiger partial charge >= 0.3 is 0 Å². The minimum atomic E-state index is -0.0346. The van der Waals surface area contributed by atoms with Gasteiger partial charge in [-0.25, -0.2) is 0 Å². The summed E-state index contributed by atoms with van der Waals surface area (Å²) in [6, 6.07) is 15.7. The number of hydrogen-bond donors (Lipinski definition) is 1. The van der Waals surface area contributed by atoms with Crippen molar-refractivity contribution in [1.29, 1.82) is 0 Å². The predicted molar refractivity (Wildman–Crippen MR) is 134 cm³/mol. The maximum absolute atomic E-state index is 12.5. The van der Waals surface area contributed by atoms with Crippen LogP contribution in [0.5, 0.6) is 11.5 Å². The van der Waals surface area contributed by atoms with Crippen molar-refractivity contribution in [3.8, 4) is 17.2 Å². The third-order valence-corrected chi connectivity index (χ3v) is 6.74. The molecule has 0 spiro atoms. The van der Waals surface area contributed by atoms with Gasteiger partial charge in [0.25, 0.3) is 0 Å². The zero-order chi connectivity index (χ0) is 23.8. The summed E-state index contributed by atoms with van der Waals surface area (Å²) in [4.78, 5) is 14.8. The van der Waals surface area contributed by atoms with Gasteiger partial charge in [-0.05, 0) is 55.5 Å². The van der Waals surface area contributed by atoms with Crippen LogP contribution in [0.2, 0.25) is 0 Å². The van der Waals surface area contributed by atoms with Crippen LogP contribution in [0.15, 0.2) is 53.7 Å². The van der Waals surface area contributed by atoms with Crippen LogP contribution >= 0.6 is 11.8 Å². The fourth-order valence-electron chi connectivity index (χ4n) is 4.00. The third kappa shape index (κ3) is 5.83. The van der Waals surface area contributed by atoms with Crippen LogP contribution in [0.25, 0.3) is 5.69 Å². The summed E-state index contributed by atoms with van der Waals surface area (Å²) in [6.45, 7) is 2.47. The molecule has 0 atom stereocenters. The molecular weight excluding hydrogens is 450 g/mol. The minimum absolute atomic E-state index is 0.0346. The van der Waals surface area contributed by atoms with Gasteiger partial charge in [0.05, 0.1) is 25.7 Å². The van der Waals surface area contributed by atoms with Gasteiger partial charge in [0.15, 0.2) is 5.16 Å². The largest absolute Gasteiger partial charge is 0.497 e. The molecule has 0 aliphatic carbocycles. The molecule has 1 aliphatic heterocycles. The molecule has 3 aromatic rings. The Bertz CT molecular complexity index is 1080. The van der Waals surface area contributed by atoms with Crippen molar-refractivity contribution in [3.63, 3.8) is 0 Å². The molecule has 1 saturated heterocycles. The molecule has 0 bridgehead atoms. The van der Waals surface area contributed by atoms with Crippen LogP contribution in [0.3, 0.4) is 0 Å². The van der Waals surface area contributed by atoms with Gasteiger partial charge in [-0.2, -0.15) is 0 Å². The van der Waals surface area contributed by atoms with Gasteiger partial charge in [0.2, 0.25) is 11.9 Å². The van der Waals surface area contributed by atoms with E-state index in [0.717, 1.165) is 61.1 Å². The van der Waals surface area contributed by atoms with Crippen molar-refractivity contribution in [1.82, 2.24) is 20.1 Å². The maximum atomic E-state index is 12.5. The molecule has 1 N–H and O–H groups in total. The smallest absolute Gasteiger partial charge is 0.232 e. The topological polar surface area (TPSA) is 81.5 Å². The second-order valence-electron chi connectivity index (χ2n) is 8.07. The highest BCUT2D eigenvalue weighted by molar-refractivity contribution is 7.99. The molecule has 8 nitrogen and oxygen atoms in total. The van der Waals surface area contributed by atoms with Crippen LogP contribution in [0.1, 0.15) is 24.8 Å². The van der Waals surface area contributed by atoms with E-state index >= 15 is 0 Å². The van der Waals surface area contributed by atoms with Gasteiger partial charge < -0.3 is 19.7 Å². The van der Waals surface area contributed by atoms with Crippen molar-refractivity contribution in [2.24, 2.45) is 0 Å². The van der Waals surface area contributed by atoms with E-state index in [2.05, 4.69) is 20.4 Å². The number of thioether (sulfide) groups is 1. The number of ether oxygens (including phenoxy) is 2. The fourth-order valence-corrected chi connectivity index (χ4v) is 4.77. The number of piperidine rings is 1. The molecular formula is C25H31N5O3S. The number of nitrogens with zero attached hydrogens (tertiary/aromatic N) is 4. The number of nitrogens with one attached hydrogen (secondary N) is 1. The van der Waals surface area contributed by atoms with Gasteiger partial charge in [0.1, 0.15) is 11.5 Å². The highest BCUT2D eigenvalue weighted by Gasteiger charge is 2.23. The summed E-state index contributed by atoms with van der Waals surface area (Å²) in [7, 11) is 3.31. The summed E-state index contributed by atoms with van der Waals surface area (Å²) in [5.74, 6) is 2.59. The Balaban J connectivity index is 1.42. The third-order valence-electron chi connectivity index (χ3n) is 5.81. The van der Waals surface area contributed by atoms with Crippen LogP contribution < -0.4 is 19.7 Å². The molecule has 1 fully saturated rings. The Morgan fingerprint density at radius 3 is 2.50 bits per heavy atom. The Labute approximate surface area is 204 Å². The van der Waals surface area contributed by atoms with E-state index in [0.29, 0.717) is 11.7 Å². The average molecular weight is 482 g/mol. The zero-order valence-corrected chi connectivity index (χ0v) is 20.5. The molecule has 0 unspecified atom stereocenters. The number of rotatable bonds is 10. The first kappa shape index (κ1) is 23.9. The van der Waals surface area contributed by atoms with Crippen LogP contribution in [-0.2, 0) is 11.2 Å². The van der Waals surface area contributed by atoms with E-state index < -0.39 is 0 Å². The van der Waals surface area contributed by atoms with E-state index in [9.17, 15) is 4.79 Å².